The molecule has 25 heavy (non-hydrogen) atoms. The van der Waals surface area contributed by atoms with Crippen molar-refractivity contribution < 1.29 is 5.11 Å². The van der Waals surface area contributed by atoms with Crippen LogP contribution in [0.3, 0.4) is 0 Å². The van der Waals surface area contributed by atoms with E-state index in [1.807, 2.05) is 18.2 Å². The number of anilines is 1. The number of aromatic nitrogens is 1. The van der Waals surface area contributed by atoms with Crippen LogP contribution in [-0.2, 0) is 6.42 Å². The molecule has 4 heteroatoms. The topological polar surface area (TPSA) is 60.2 Å². The maximum atomic E-state index is 10.1. The third-order valence-electron chi connectivity index (χ3n) is 5.19. The summed E-state index contributed by atoms with van der Waals surface area (Å²) >= 11 is 0. The SMILES string of the molecule is N#Cc1cccc(N2CCC[C@](CO)(CCCc3ccccc3)C2)n1. The maximum absolute atomic E-state index is 10.1. The number of pyridine rings is 1. The number of benzene rings is 1. The number of nitriles is 1. The monoisotopic (exact) mass is 335 g/mol. The molecule has 3 rings (SSSR count). The first-order valence-electron chi connectivity index (χ1n) is 9.02. The average molecular weight is 335 g/mol. The van der Waals surface area contributed by atoms with Gasteiger partial charge in [-0.2, -0.15) is 5.26 Å². The van der Waals surface area contributed by atoms with Crippen molar-refractivity contribution in [1.82, 2.24) is 4.98 Å². The van der Waals surface area contributed by atoms with Gasteiger partial charge in [-0.3, -0.25) is 0 Å². The Morgan fingerprint density at radius 2 is 2.00 bits per heavy atom. The molecule has 4 nitrogen and oxygen atoms in total. The molecular weight excluding hydrogens is 310 g/mol. The van der Waals surface area contributed by atoms with Crippen LogP contribution in [0.1, 0.15) is 36.9 Å². The lowest BCUT2D eigenvalue weighted by Crippen LogP contribution is -2.46. The summed E-state index contributed by atoms with van der Waals surface area (Å²) < 4.78 is 0. The van der Waals surface area contributed by atoms with E-state index in [9.17, 15) is 5.11 Å². The minimum Gasteiger partial charge on any atom is -0.396 e. The van der Waals surface area contributed by atoms with Crippen LogP contribution in [0.25, 0.3) is 0 Å². The van der Waals surface area contributed by atoms with E-state index < -0.39 is 0 Å². The van der Waals surface area contributed by atoms with Gasteiger partial charge in [0.25, 0.3) is 0 Å². The molecule has 1 aromatic carbocycles. The van der Waals surface area contributed by atoms with Gasteiger partial charge in [-0.25, -0.2) is 4.98 Å². The molecule has 1 atom stereocenters. The summed E-state index contributed by atoms with van der Waals surface area (Å²) in [6.45, 7) is 1.94. The quantitative estimate of drug-likeness (QED) is 0.877. The van der Waals surface area contributed by atoms with Crippen molar-refractivity contribution in [2.75, 3.05) is 24.6 Å². The van der Waals surface area contributed by atoms with Crippen LogP contribution in [-0.4, -0.2) is 29.8 Å². The summed E-state index contributed by atoms with van der Waals surface area (Å²) in [5.41, 5.74) is 1.73. The number of aliphatic hydroxyl groups excluding tert-OH is 1. The van der Waals surface area contributed by atoms with Gasteiger partial charge in [-0.15, -0.1) is 0 Å². The van der Waals surface area contributed by atoms with Crippen molar-refractivity contribution in [3.8, 4) is 6.07 Å². The van der Waals surface area contributed by atoms with Gasteiger partial charge in [0, 0.05) is 18.5 Å². The second-order valence-electron chi connectivity index (χ2n) is 7.02. The molecule has 0 unspecified atom stereocenters. The average Bonchev–Trinajstić information content (AvgIpc) is 2.69. The lowest BCUT2D eigenvalue weighted by molar-refractivity contribution is 0.0939. The zero-order valence-corrected chi connectivity index (χ0v) is 14.6. The molecule has 0 amide bonds. The lowest BCUT2D eigenvalue weighted by Gasteiger charge is -2.42. The summed E-state index contributed by atoms with van der Waals surface area (Å²) in [7, 11) is 0. The first-order valence-corrected chi connectivity index (χ1v) is 9.02. The van der Waals surface area contributed by atoms with Gasteiger partial charge in [-0.05, 0) is 49.8 Å². The summed E-state index contributed by atoms with van der Waals surface area (Å²) in [5, 5.41) is 19.2. The predicted octanol–water partition coefficient (Wildman–Crippen LogP) is 3.56. The van der Waals surface area contributed by atoms with Gasteiger partial charge >= 0.3 is 0 Å². The summed E-state index contributed by atoms with van der Waals surface area (Å²) in [4.78, 5) is 6.65. The van der Waals surface area contributed by atoms with Crippen LogP contribution in [0.4, 0.5) is 5.82 Å². The van der Waals surface area contributed by atoms with E-state index in [2.05, 4.69) is 40.2 Å². The molecule has 0 bridgehead atoms. The van der Waals surface area contributed by atoms with Crippen molar-refractivity contribution in [3.63, 3.8) is 0 Å². The van der Waals surface area contributed by atoms with Gasteiger partial charge in [0.2, 0.25) is 0 Å². The smallest absolute Gasteiger partial charge is 0.142 e. The number of nitrogens with zero attached hydrogens (tertiary/aromatic N) is 3. The Bertz CT molecular complexity index is 725. The summed E-state index contributed by atoms with van der Waals surface area (Å²) in [5.74, 6) is 0.847. The number of aryl methyl sites for hydroxylation is 1. The van der Waals surface area contributed by atoms with E-state index in [0.717, 1.165) is 51.0 Å². The molecule has 0 aliphatic carbocycles. The molecule has 1 aromatic heterocycles. The Hall–Kier alpha value is -2.38. The first kappa shape index (κ1) is 17.4. The molecule has 1 N–H and O–H groups in total. The van der Waals surface area contributed by atoms with Crippen molar-refractivity contribution in [1.29, 1.82) is 5.26 Å². The van der Waals surface area contributed by atoms with Gasteiger partial charge in [0.05, 0.1) is 6.61 Å². The van der Waals surface area contributed by atoms with E-state index >= 15 is 0 Å². The first-order chi connectivity index (χ1) is 12.2. The highest BCUT2D eigenvalue weighted by molar-refractivity contribution is 5.42. The van der Waals surface area contributed by atoms with Crippen LogP contribution in [0.15, 0.2) is 48.5 Å². The Morgan fingerprint density at radius 1 is 1.16 bits per heavy atom. The van der Waals surface area contributed by atoms with Crippen LogP contribution < -0.4 is 4.90 Å². The number of rotatable bonds is 6. The Balaban J connectivity index is 1.65. The summed E-state index contributed by atoms with van der Waals surface area (Å²) in [6.07, 6.45) is 5.22. The van der Waals surface area contributed by atoms with E-state index in [1.165, 1.54) is 5.56 Å². The third kappa shape index (κ3) is 4.37. The number of aliphatic hydroxyl groups is 1. The molecule has 1 aliphatic heterocycles. The standard InChI is InChI=1S/C21H25N3O/c22-15-19-10-4-11-20(23-19)24-14-6-13-21(16-24,17-25)12-5-9-18-7-2-1-3-8-18/h1-4,7-8,10-11,25H,5-6,9,12-14,16-17H2/t21-/m1/s1. The second-order valence-corrected chi connectivity index (χ2v) is 7.02. The van der Waals surface area contributed by atoms with E-state index in [4.69, 9.17) is 5.26 Å². The van der Waals surface area contributed by atoms with E-state index in [1.54, 1.807) is 6.07 Å². The lowest BCUT2D eigenvalue weighted by atomic mass is 9.76. The van der Waals surface area contributed by atoms with Crippen LogP contribution in [0, 0.1) is 16.7 Å². The molecule has 2 aromatic rings. The molecule has 1 saturated heterocycles. The van der Waals surface area contributed by atoms with Crippen LogP contribution in [0.5, 0.6) is 0 Å². The molecule has 0 saturated carbocycles. The number of hydrogen-bond acceptors (Lipinski definition) is 4. The van der Waals surface area contributed by atoms with Crippen molar-refractivity contribution in [2.45, 2.75) is 32.1 Å². The fraction of sp³-hybridized carbons (Fsp3) is 0.429. The molecule has 2 heterocycles. The normalized spacial score (nSPS) is 20.2. The Morgan fingerprint density at radius 3 is 2.76 bits per heavy atom. The largest absolute Gasteiger partial charge is 0.396 e. The zero-order chi connectivity index (χ0) is 17.5. The zero-order valence-electron chi connectivity index (χ0n) is 14.6. The van der Waals surface area contributed by atoms with Crippen molar-refractivity contribution >= 4 is 5.82 Å². The highest BCUT2D eigenvalue weighted by Gasteiger charge is 2.35. The Labute approximate surface area is 149 Å². The Kier molecular flexibility index (Phi) is 5.67. The van der Waals surface area contributed by atoms with Crippen molar-refractivity contribution in [2.24, 2.45) is 5.41 Å². The molecule has 130 valence electrons. The summed E-state index contributed by atoms with van der Waals surface area (Å²) in [6, 6.07) is 18.2. The molecule has 0 spiro atoms. The van der Waals surface area contributed by atoms with Crippen molar-refractivity contribution in [3.05, 3.63) is 59.8 Å². The van der Waals surface area contributed by atoms with E-state index in [0.29, 0.717) is 5.69 Å². The highest BCUT2D eigenvalue weighted by atomic mass is 16.3. The highest BCUT2D eigenvalue weighted by Crippen LogP contribution is 2.36. The fourth-order valence-corrected chi connectivity index (χ4v) is 3.79. The minimum atomic E-state index is -0.0721. The minimum absolute atomic E-state index is 0.0721. The molecule has 1 fully saturated rings. The van der Waals surface area contributed by atoms with Crippen LogP contribution >= 0.6 is 0 Å². The molecule has 1 aliphatic rings. The number of hydrogen-bond donors (Lipinski definition) is 1. The predicted molar refractivity (Wildman–Crippen MR) is 99.3 cm³/mol. The van der Waals surface area contributed by atoms with Gasteiger partial charge in [-0.1, -0.05) is 36.4 Å². The third-order valence-corrected chi connectivity index (χ3v) is 5.19. The van der Waals surface area contributed by atoms with Gasteiger partial charge in [0.15, 0.2) is 0 Å². The number of piperidine rings is 1. The fourth-order valence-electron chi connectivity index (χ4n) is 3.79. The van der Waals surface area contributed by atoms with Gasteiger partial charge < -0.3 is 10.0 Å². The molecular formula is C21H25N3O. The second kappa shape index (κ2) is 8.13. The van der Waals surface area contributed by atoms with E-state index in [-0.39, 0.29) is 12.0 Å². The maximum Gasteiger partial charge on any atom is 0.142 e. The molecule has 0 radical (unpaired) electrons. The van der Waals surface area contributed by atoms with Gasteiger partial charge in [0.1, 0.15) is 17.6 Å². The van der Waals surface area contributed by atoms with Crippen LogP contribution in [0.2, 0.25) is 0 Å².